The molecule has 206 valence electrons. The normalized spacial score (nSPS) is 28.6. The minimum absolute atomic E-state index is 0.0460. The van der Waals surface area contributed by atoms with Crippen LogP contribution in [0.5, 0.6) is 0 Å². The predicted octanol–water partition coefficient (Wildman–Crippen LogP) is 3.79. The van der Waals surface area contributed by atoms with Crippen LogP contribution in [-0.2, 0) is 20.7 Å². The predicted molar refractivity (Wildman–Crippen MR) is 157 cm³/mol. The molecule has 0 saturated carbocycles. The first-order chi connectivity index (χ1) is 26.5. The van der Waals surface area contributed by atoms with Gasteiger partial charge in [-0.15, -0.1) is 0 Å². The number of rotatable bonds is 7. The Hall–Kier alpha value is -4.27. The summed E-state index contributed by atoms with van der Waals surface area (Å²) in [5, 5.41) is 2.42. The lowest BCUT2D eigenvalue weighted by Crippen LogP contribution is -2.48. The fourth-order valence-electron chi connectivity index (χ4n) is 3.89. The lowest BCUT2D eigenvalue weighted by atomic mass is 9.90. The summed E-state index contributed by atoms with van der Waals surface area (Å²) in [6.07, 6.45) is -0.644. The monoisotopic (exact) mass is 556 g/mol. The summed E-state index contributed by atoms with van der Waals surface area (Å²) in [7, 11) is 1.78. The highest BCUT2D eigenvalue weighted by molar-refractivity contribution is 6.37. The SMILES string of the molecule is [2H]c1c([2H])c(N(C(=O)CN2C([2H])([2H])C([2H])([2H])N(C)C([2H])([2H])C2([2H])[2H])C([2H])([2H])[2H])c([2H])c([2H])c1C/C(=C1\C(=O)Nc2c([2H])c(C(=O)OC)c([2H])c([2H])c21)c1ccccc1. The first-order valence-electron chi connectivity index (χ1n) is 20.8. The minimum atomic E-state index is -3.66. The molecule has 2 amide bonds. The molecule has 2 heterocycles. The number of methoxy groups -OCH3 is 1. The second kappa shape index (κ2) is 11.9. The van der Waals surface area contributed by atoms with Crippen LogP contribution in [0.4, 0.5) is 11.4 Å². The standard InChI is InChI=1S/C32H34N4O4/c1-34-15-17-36(18-16-34)21-29(37)35(2)25-12-9-22(10-13-25)19-27(23-7-5-4-6-8-23)30-26-14-11-24(32(39)40-3)20-28(26)33-31(30)38/h4-14,20H,15-19,21H2,1-3H3,(H,33,38)/b30-27+/i2D3,9D,10D,11D,12D,13D,14D,15D2,16D2,17D2,18D2,20D. The molecule has 8 heteroatoms. The van der Waals surface area contributed by atoms with E-state index in [4.69, 9.17) is 24.7 Å². The summed E-state index contributed by atoms with van der Waals surface area (Å²) in [5.74, 6) is -3.80. The van der Waals surface area contributed by atoms with E-state index >= 15 is 0 Å². The molecule has 0 aromatic heterocycles. The van der Waals surface area contributed by atoms with Crippen molar-refractivity contribution in [3.05, 3.63) is 94.9 Å². The second-order valence-corrected chi connectivity index (χ2v) is 8.49. The maximum atomic E-state index is 13.9. The molecular formula is C32H34N4O4. The van der Waals surface area contributed by atoms with Crippen LogP contribution in [0.2, 0.25) is 0 Å². The Morgan fingerprint density at radius 2 is 1.77 bits per heavy atom. The van der Waals surface area contributed by atoms with Gasteiger partial charge in [-0.1, -0.05) is 48.5 Å². The van der Waals surface area contributed by atoms with Gasteiger partial charge in [-0.3, -0.25) is 14.5 Å². The fraction of sp³-hybridized carbons (Fsp3) is 0.281. The summed E-state index contributed by atoms with van der Waals surface area (Å²) < 4.78 is 157. The van der Waals surface area contributed by atoms with Gasteiger partial charge in [-0.2, -0.15) is 0 Å². The summed E-state index contributed by atoms with van der Waals surface area (Å²) in [5.41, 5.74) is -2.95. The van der Waals surface area contributed by atoms with Gasteiger partial charge in [0, 0.05) is 65.0 Å². The number of hydrogen-bond donors (Lipinski definition) is 1. The van der Waals surface area contributed by atoms with E-state index in [0.29, 0.717) is 0 Å². The molecule has 1 fully saturated rings. The van der Waals surface area contributed by atoms with E-state index in [1.54, 1.807) is 18.2 Å². The maximum absolute atomic E-state index is 13.9. The van der Waals surface area contributed by atoms with Crippen LogP contribution in [0.25, 0.3) is 11.1 Å². The average molecular weight is 557 g/mol. The Kier molecular flexibility index (Phi) is 3.83. The number of amides is 2. The average Bonchev–Trinajstić information content (AvgIpc) is 3.49. The topological polar surface area (TPSA) is 82.2 Å². The largest absolute Gasteiger partial charge is 0.465 e. The maximum Gasteiger partial charge on any atom is 0.337 e. The highest BCUT2D eigenvalue weighted by atomic mass is 16.5. The number of esters is 1. The summed E-state index contributed by atoms with van der Waals surface area (Å²) in [6, 6.07) is 1.56. The highest BCUT2D eigenvalue weighted by Crippen LogP contribution is 2.39. The van der Waals surface area contributed by atoms with Gasteiger partial charge in [0.1, 0.15) is 0 Å². The molecule has 3 aromatic carbocycles. The molecule has 2 aliphatic rings. The van der Waals surface area contributed by atoms with Crippen LogP contribution in [0, 0.1) is 0 Å². The first kappa shape index (κ1) is 12.9. The zero-order chi connectivity index (χ0) is 44.0. The molecule has 8 nitrogen and oxygen atoms in total. The summed E-state index contributed by atoms with van der Waals surface area (Å²) >= 11 is 0. The lowest BCUT2D eigenvalue weighted by molar-refractivity contribution is -0.119. The van der Waals surface area contributed by atoms with Gasteiger partial charge in [-0.25, -0.2) is 4.79 Å². The molecule has 0 aliphatic carbocycles. The molecule has 40 heavy (non-hydrogen) atoms. The van der Waals surface area contributed by atoms with E-state index in [1.807, 2.05) is 0 Å². The van der Waals surface area contributed by atoms with Crippen LogP contribution in [-0.4, -0.2) is 81.2 Å². The number of nitrogens with zero attached hydrogens (tertiary/aromatic N) is 3. The van der Waals surface area contributed by atoms with Crippen LogP contribution >= 0.6 is 0 Å². The van der Waals surface area contributed by atoms with E-state index in [2.05, 4.69) is 10.1 Å². The third kappa shape index (κ3) is 5.83. The van der Waals surface area contributed by atoms with Gasteiger partial charge in [0.25, 0.3) is 5.91 Å². The molecule has 0 unspecified atom stereocenters. The molecule has 2 aliphatic heterocycles. The van der Waals surface area contributed by atoms with Gasteiger partial charge in [0.2, 0.25) is 5.91 Å². The van der Waals surface area contributed by atoms with Crippen molar-refractivity contribution in [3.63, 3.8) is 0 Å². The zero-order valence-corrected chi connectivity index (χ0v) is 21.3. The summed E-state index contributed by atoms with van der Waals surface area (Å²) in [6.45, 7) is -18.9. The Morgan fingerprint density at radius 3 is 2.45 bits per heavy atom. The second-order valence-electron chi connectivity index (χ2n) is 8.49. The van der Waals surface area contributed by atoms with E-state index < -0.39 is 123 Å². The Balaban J connectivity index is 1.70. The molecule has 1 saturated heterocycles. The molecule has 0 bridgehead atoms. The highest BCUT2D eigenvalue weighted by Gasteiger charge is 2.29. The van der Waals surface area contributed by atoms with Crippen molar-refractivity contribution < 1.29 is 43.8 Å². The number of allylic oxidation sites excluding steroid dienone is 1. The fourth-order valence-corrected chi connectivity index (χ4v) is 3.89. The van der Waals surface area contributed by atoms with Crippen molar-refractivity contribution in [1.82, 2.24) is 9.80 Å². The number of carbonyl (C=O) groups excluding carboxylic acids is 3. The Labute approximate surface area is 260 Å². The molecule has 0 radical (unpaired) electrons. The van der Waals surface area contributed by atoms with E-state index in [1.165, 1.54) is 12.1 Å². The molecule has 1 N–H and O–H groups in total. The van der Waals surface area contributed by atoms with Gasteiger partial charge in [-0.05, 0) is 54.3 Å². The number of nitrogens with one attached hydrogen (secondary N) is 1. The van der Waals surface area contributed by atoms with Gasteiger partial charge in [0.15, 0.2) is 0 Å². The number of ether oxygens (including phenoxy) is 1. The van der Waals surface area contributed by atoms with Crippen molar-refractivity contribution in [2.75, 3.05) is 63.9 Å². The molecule has 5 rings (SSSR count). The van der Waals surface area contributed by atoms with Crippen LogP contribution < -0.4 is 10.2 Å². The van der Waals surface area contributed by atoms with Gasteiger partial charge in [0.05, 0.1) is 34.4 Å². The van der Waals surface area contributed by atoms with E-state index in [0.717, 1.165) is 14.2 Å². The zero-order valence-electron chi connectivity index (χ0n) is 39.3. The third-order valence-corrected chi connectivity index (χ3v) is 5.83. The van der Waals surface area contributed by atoms with Crippen molar-refractivity contribution in [2.24, 2.45) is 0 Å². The van der Waals surface area contributed by atoms with Crippen LogP contribution in [0.1, 0.15) is 51.7 Å². The molecular weight excluding hydrogens is 504 g/mol. The quantitative estimate of drug-likeness (QED) is 0.352. The number of anilines is 2. The van der Waals surface area contributed by atoms with E-state index in [-0.39, 0.29) is 42.7 Å². The van der Waals surface area contributed by atoms with Crippen LogP contribution in [0.3, 0.4) is 0 Å². The number of hydrogen-bond acceptors (Lipinski definition) is 6. The Morgan fingerprint density at radius 1 is 1.05 bits per heavy atom. The van der Waals surface area contributed by atoms with Crippen molar-refractivity contribution in [3.8, 4) is 0 Å². The summed E-state index contributed by atoms with van der Waals surface area (Å²) in [4.78, 5) is 39.8. The van der Waals surface area contributed by atoms with E-state index in [9.17, 15) is 14.4 Å². The van der Waals surface area contributed by atoms with Crippen molar-refractivity contribution >= 4 is 40.3 Å². The molecule has 0 atom stereocenters. The number of piperazine rings is 1. The number of carbonyl (C=O) groups is 3. The third-order valence-electron chi connectivity index (χ3n) is 5.83. The first-order valence-corrected chi connectivity index (χ1v) is 11.8. The van der Waals surface area contributed by atoms with Gasteiger partial charge >= 0.3 is 5.97 Å². The minimum Gasteiger partial charge on any atom is -0.465 e. The number of benzene rings is 3. The van der Waals surface area contributed by atoms with Gasteiger partial charge < -0.3 is 19.9 Å². The smallest absolute Gasteiger partial charge is 0.337 e. The van der Waals surface area contributed by atoms with Crippen molar-refractivity contribution in [1.29, 1.82) is 0 Å². The molecule has 0 spiro atoms. The van der Waals surface area contributed by atoms with Crippen LogP contribution in [0.15, 0.2) is 72.6 Å². The molecule has 3 aromatic rings. The number of likely N-dealkylation sites (N-methyl/N-ethyl adjacent to an activating group) is 2. The lowest BCUT2D eigenvalue weighted by Gasteiger charge is -2.32. The van der Waals surface area contributed by atoms with Crippen molar-refractivity contribution in [2.45, 2.75) is 6.42 Å². The Bertz CT molecular complexity index is 2220. The number of fused-ring (bicyclic) bond motifs is 1.